The predicted molar refractivity (Wildman–Crippen MR) is 66.3 cm³/mol. The van der Waals surface area contributed by atoms with Gasteiger partial charge in [-0.15, -0.1) is 11.3 Å². The van der Waals surface area contributed by atoms with Gasteiger partial charge in [0.25, 0.3) is 0 Å². The van der Waals surface area contributed by atoms with E-state index in [4.69, 9.17) is 10.5 Å². The Morgan fingerprint density at radius 2 is 2.25 bits per heavy atom. The van der Waals surface area contributed by atoms with Crippen molar-refractivity contribution >= 4 is 22.2 Å². The molecule has 0 aliphatic rings. The van der Waals surface area contributed by atoms with E-state index in [2.05, 4.69) is 10.3 Å². The maximum atomic E-state index is 5.53. The zero-order valence-electron chi connectivity index (χ0n) is 8.93. The van der Waals surface area contributed by atoms with Crippen molar-refractivity contribution in [3.8, 4) is 5.75 Å². The number of para-hydroxylation sites is 2. The van der Waals surface area contributed by atoms with Gasteiger partial charge in [-0.1, -0.05) is 12.1 Å². The highest BCUT2D eigenvalue weighted by atomic mass is 32.1. The molecule has 0 radical (unpaired) electrons. The van der Waals surface area contributed by atoms with Crippen LogP contribution in [-0.2, 0) is 6.54 Å². The average Bonchev–Trinajstić information content (AvgIpc) is 2.77. The first kappa shape index (κ1) is 10.9. The van der Waals surface area contributed by atoms with E-state index >= 15 is 0 Å². The highest BCUT2D eigenvalue weighted by molar-refractivity contribution is 7.15. The van der Waals surface area contributed by atoms with Crippen LogP contribution in [0.5, 0.6) is 5.75 Å². The molecule has 0 aliphatic carbocycles. The smallest absolute Gasteiger partial charge is 0.187 e. The van der Waals surface area contributed by atoms with Gasteiger partial charge in [0.05, 0.1) is 12.8 Å². The lowest BCUT2D eigenvalue weighted by atomic mass is 10.3. The first-order valence-electron chi connectivity index (χ1n) is 4.88. The van der Waals surface area contributed by atoms with Gasteiger partial charge in [-0.05, 0) is 12.1 Å². The van der Waals surface area contributed by atoms with Crippen LogP contribution in [0.3, 0.4) is 0 Å². The van der Waals surface area contributed by atoms with Crippen molar-refractivity contribution in [1.29, 1.82) is 0 Å². The van der Waals surface area contributed by atoms with E-state index in [1.807, 2.05) is 24.3 Å². The SMILES string of the molecule is COc1ccccc1Nc1ncc(CN)s1. The lowest BCUT2D eigenvalue weighted by Crippen LogP contribution is -1.93. The van der Waals surface area contributed by atoms with E-state index in [-0.39, 0.29) is 0 Å². The third-order valence-corrected chi connectivity index (χ3v) is 3.04. The van der Waals surface area contributed by atoms with Crippen molar-refractivity contribution in [2.75, 3.05) is 12.4 Å². The summed E-state index contributed by atoms with van der Waals surface area (Å²) in [5.41, 5.74) is 6.44. The van der Waals surface area contributed by atoms with Crippen LogP contribution in [0.2, 0.25) is 0 Å². The second-order valence-corrected chi connectivity index (χ2v) is 4.28. The van der Waals surface area contributed by atoms with Crippen LogP contribution in [0.25, 0.3) is 0 Å². The molecular weight excluding hydrogens is 222 g/mol. The fourth-order valence-electron chi connectivity index (χ4n) is 1.32. The summed E-state index contributed by atoms with van der Waals surface area (Å²) in [5.74, 6) is 0.798. The normalized spacial score (nSPS) is 10.1. The molecule has 2 aromatic rings. The first-order chi connectivity index (χ1) is 7.83. The Balaban J connectivity index is 2.19. The van der Waals surface area contributed by atoms with E-state index < -0.39 is 0 Å². The minimum atomic E-state index is 0.519. The maximum absolute atomic E-state index is 5.53. The quantitative estimate of drug-likeness (QED) is 0.854. The Morgan fingerprint density at radius 1 is 1.44 bits per heavy atom. The summed E-state index contributed by atoms with van der Waals surface area (Å²) in [6, 6.07) is 7.72. The Bertz CT molecular complexity index is 470. The van der Waals surface area contributed by atoms with Gasteiger partial charge in [0, 0.05) is 17.6 Å². The second-order valence-electron chi connectivity index (χ2n) is 3.16. The molecule has 84 valence electrons. The Labute approximate surface area is 98.1 Å². The van der Waals surface area contributed by atoms with Crippen molar-refractivity contribution in [3.63, 3.8) is 0 Å². The summed E-state index contributed by atoms with van der Waals surface area (Å²) in [6.45, 7) is 0.519. The van der Waals surface area contributed by atoms with Gasteiger partial charge in [-0.2, -0.15) is 0 Å². The van der Waals surface area contributed by atoms with Crippen LogP contribution >= 0.6 is 11.3 Å². The van der Waals surface area contributed by atoms with E-state index in [0.717, 1.165) is 21.4 Å². The number of hydrogen-bond donors (Lipinski definition) is 2. The van der Waals surface area contributed by atoms with Crippen LogP contribution < -0.4 is 15.8 Å². The predicted octanol–water partition coefficient (Wildman–Crippen LogP) is 2.35. The molecule has 0 fully saturated rings. The fraction of sp³-hybridized carbons (Fsp3) is 0.182. The van der Waals surface area contributed by atoms with Gasteiger partial charge in [-0.25, -0.2) is 4.98 Å². The summed E-state index contributed by atoms with van der Waals surface area (Å²) in [4.78, 5) is 5.28. The number of methoxy groups -OCH3 is 1. The first-order valence-corrected chi connectivity index (χ1v) is 5.70. The van der Waals surface area contributed by atoms with Crippen molar-refractivity contribution in [2.45, 2.75) is 6.54 Å². The molecule has 16 heavy (non-hydrogen) atoms. The Kier molecular flexibility index (Phi) is 3.38. The van der Waals surface area contributed by atoms with Gasteiger partial charge < -0.3 is 15.8 Å². The zero-order valence-corrected chi connectivity index (χ0v) is 9.75. The number of nitrogens with two attached hydrogens (primary N) is 1. The summed E-state index contributed by atoms with van der Waals surface area (Å²) >= 11 is 1.54. The van der Waals surface area contributed by atoms with Crippen molar-refractivity contribution in [2.24, 2.45) is 5.73 Å². The molecule has 1 aromatic carbocycles. The van der Waals surface area contributed by atoms with Crippen LogP contribution in [-0.4, -0.2) is 12.1 Å². The molecule has 0 saturated carbocycles. The number of aromatic nitrogens is 1. The summed E-state index contributed by atoms with van der Waals surface area (Å²) in [5, 5.41) is 4.03. The van der Waals surface area contributed by atoms with Crippen LogP contribution in [0.15, 0.2) is 30.5 Å². The molecule has 1 aromatic heterocycles. The second kappa shape index (κ2) is 4.96. The molecule has 0 atom stereocenters. The average molecular weight is 235 g/mol. The molecule has 0 bridgehead atoms. The van der Waals surface area contributed by atoms with Crippen LogP contribution in [0.4, 0.5) is 10.8 Å². The monoisotopic (exact) mass is 235 g/mol. The molecule has 0 saturated heterocycles. The topological polar surface area (TPSA) is 60.2 Å². The highest BCUT2D eigenvalue weighted by Crippen LogP contribution is 2.28. The molecule has 0 aliphatic heterocycles. The molecule has 0 spiro atoms. The molecule has 0 amide bonds. The van der Waals surface area contributed by atoms with Crippen LogP contribution in [0, 0.1) is 0 Å². The largest absolute Gasteiger partial charge is 0.495 e. The summed E-state index contributed by atoms with van der Waals surface area (Å²) < 4.78 is 5.24. The van der Waals surface area contributed by atoms with E-state index in [0.29, 0.717) is 6.54 Å². The molecular formula is C11H13N3OS. The number of rotatable bonds is 4. The number of hydrogen-bond acceptors (Lipinski definition) is 5. The fourth-order valence-corrected chi connectivity index (χ4v) is 2.03. The molecule has 2 rings (SSSR count). The molecule has 5 heteroatoms. The summed E-state index contributed by atoms with van der Waals surface area (Å²) in [7, 11) is 1.65. The van der Waals surface area contributed by atoms with E-state index in [9.17, 15) is 0 Å². The van der Waals surface area contributed by atoms with Gasteiger partial charge in [0.15, 0.2) is 5.13 Å². The molecule has 1 heterocycles. The summed E-state index contributed by atoms with van der Waals surface area (Å²) in [6.07, 6.45) is 1.78. The Hall–Kier alpha value is -1.59. The maximum Gasteiger partial charge on any atom is 0.187 e. The van der Waals surface area contributed by atoms with Gasteiger partial charge >= 0.3 is 0 Å². The third kappa shape index (κ3) is 2.32. The zero-order chi connectivity index (χ0) is 11.4. The molecule has 0 unspecified atom stereocenters. The number of thiazole rings is 1. The highest BCUT2D eigenvalue weighted by Gasteiger charge is 2.04. The van der Waals surface area contributed by atoms with Crippen molar-refractivity contribution in [1.82, 2.24) is 4.98 Å². The molecule has 3 N–H and O–H groups in total. The number of ether oxygens (including phenoxy) is 1. The number of nitrogens with one attached hydrogen (secondary N) is 1. The van der Waals surface area contributed by atoms with E-state index in [1.54, 1.807) is 24.6 Å². The number of nitrogens with zero attached hydrogens (tertiary/aromatic N) is 1. The Morgan fingerprint density at radius 3 is 2.94 bits per heavy atom. The number of benzene rings is 1. The standard InChI is InChI=1S/C11H13N3OS/c1-15-10-5-3-2-4-9(10)14-11-13-7-8(6-12)16-11/h2-5,7H,6,12H2,1H3,(H,13,14). The molecule has 4 nitrogen and oxygen atoms in total. The lowest BCUT2D eigenvalue weighted by molar-refractivity contribution is 0.417. The van der Waals surface area contributed by atoms with Crippen LogP contribution in [0.1, 0.15) is 4.88 Å². The van der Waals surface area contributed by atoms with Gasteiger partial charge in [-0.3, -0.25) is 0 Å². The third-order valence-electron chi connectivity index (χ3n) is 2.10. The van der Waals surface area contributed by atoms with Crippen molar-refractivity contribution in [3.05, 3.63) is 35.3 Å². The van der Waals surface area contributed by atoms with Gasteiger partial charge in [0.1, 0.15) is 5.75 Å². The number of anilines is 2. The van der Waals surface area contributed by atoms with Gasteiger partial charge in [0.2, 0.25) is 0 Å². The van der Waals surface area contributed by atoms with Crippen molar-refractivity contribution < 1.29 is 4.74 Å². The lowest BCUT2D eigenvalue weighted by Gasteiger charge is -2.07. The van der Waals surface area contributed by atoms with E-state index in [1.165, 1.54) is 0 Å². The minimum Gasteiger partial charge on any atom is -0.495 e. The minimum absolute atomic E-state index is 0.519.